The van der Waals surface area contributed by atoms with Gasteiger partial charge in [0.25, 0.3) is 0 Å². The Morgan fingerprint density at radius 1 is 0.762 bits per heavy atom. The SMILES string of the molecule is N#Cc1ccc(-c2ccc(-c3ccc(C#N)nc3)o2)cc1. The van der Waals surface area contributed by atoms with Gasteiger partial charge >= 0.3 is 0 Å². The fourth-order valence-electron chi connectivity index (χ4n) is 1.96. The van der Waals surface area contributed by atoms with E-state index in [1.54, 1.807) is 30.5 Å². The van der Waals surface area contributed by atoms with Gasteiger partial charge in [-0.05, 0) is 48.5 Å². The molecule has 0 aliphatic carbocycles. The van der Waals surface area contributed by atoms with E-state index in [1.165, 1.54) is 0 Å². The van der Waals surface area contributed by atoms with Crippen molar-refractivity contribution in [2.24, 2.45) is 0 Å². The molecule has 0 aliphatic heterocycles. The first-order chi connectivity index (χ1) is 10.3. The monoisotopic (exact) mass is 271 g/mol. The van der Waals surface area contributed by atoms with Gasteiger partial charge in [-0.3, -0.25) is 0 Å². The number of nitriles is 2. The molecule has 98 valence electrons. The first kappa shape index (κ1) is 12.7. The summed E-state index contributed by atoms with van der Waals surface area (Å²) in [5.74, 6) is 1.41. The van der Waals surface area contributed by atoms with Crippen molar-refractivity contribution in [2.45, 2.75) is 0 Å². The van der Waals surface area contributed by atoms with Crippen molar-refractivity contribution in [3.05, 3.63) is 66.0 Å². The first-order valence-electron chi connectivity index (χ1n) is 6.27. The Morgan fingerprint density at radius 2 is 1.43 bits per heavy atom. The summed E-state index contributed by atoms with van der Waals surface area (Å²) in [4.78, 5) is 4.02. The molecule has 3 aromatic rings. The molecular formula is C17H9N3O. The van der Waals surface area contributed by atoms with Crippen molar-refractivity contribution in [2.75, 3.05) is 0 Å². The Hall–Kier alpha value is -3.37. The third-order valence-corrected chi connectivity index (χ3v) is 3.07. The van der Waals surface area contributed by atoms with Crippen molar-refractivity contribution in [1.82, 2.24) is 4.98 Å². The number of pyridine rings is 1. The molecule has 0 unspecified atom stereocenters. The lowest BCUT2D eigenvalue weighted by atomic mass is 10.1. The second-order valence-electron chi connectivity index (χ2n) is 4.40. The quantitative estimate of drug-likeness (QED) is 0.711. The zero-order valence-electron chi connectivity index (χ0n) is 10.9. The van der Waals surface area contributed by atoms with E-state index in [0.717, 1.165) is 16.9 Å². The molecule has 0 spiro atoms. The molecule has 4 nitrogen and oxygen atoms in total. The van der Waals surface area contributed by atoms with E-state index >= 15 is 0 Å². The van der Waals surface area contributed by atoms with E-state index < -0.39 is 0 Å². The summed E-state index contributed by atoms with van der Waals surface area (Å²) in [6, 6.07) is 18.4. The number of aromatic nitrogens is 1. The lowest BCUT2D eigenvalue weighted by Gasteiger charge is -1.98. The van der Waals surface area contributed by atoms with Crippen LogP contribution in [0.1, 0.15) is 11.3 Å². The number of hydrogen-bond donors (Lipinski definition) is 0. The van der Waals surface area contributed by atoms with Crippen LogP contribution in [0.15, 0.2) is 59.1 Å². The van der Waals surface area contributed by atoms with Gasteiger partial charge in [0.1, 0.15) is 23.3 Å². The van der Waals surface area contributed by atoms with E-state index in [4.69, 9.17) is 14.9 Å². The molecule has 0 amide bonds. The minimum Gasteiger partial charge on any atom is -0.456 e. The van der Waals surface area contributed by atoms with Gasteiger partial charge in [-0.15, -0.1) is 0 Å². The third kappa shape index (κ3) is 2.51. The topological polar surface area (TPSA) is 73.6 Å². The highest BCUT2D eigenvalue weighted by atomic mass is 16.3. The van der Waals surface area contributed by atoms with Crippen molar-refractivity contribution in [3.8, 4) is 34.8 Å². The molecule has 1 aromatic carbocycles. The summed E-state index contributed by atoms with van der Waals surface area (Å²) in [6.45, 7) is 0. The van der Waals surface area contributed by atoms with E-state index in [9.17, 15) is 0 Å². The summed E-state index contributed by atoms with van der Waals surface area (Å²) in [5.41, 5.74) is 2.70. The normalized spacial score (nSPS) is 9.81. The summed E-state index contributed by atoms with van der Waals surface area (Å²) in [7, 11) is 0. The Bertz CT molecular complexity index is 775. The smallest absolute Gasteiger partial charge is 0.140 e. The van der Waals surface area contributed by atoms with Gasteiger partial charge in [0.15, 0.2) is 0 Å². The molecule has 0 saturated carbocycles. The molecule has 0 aliphatic rings. The number of hydrogen-bond acceptors (Lipinski definition) is 4. The average Bonchev–Trinajstić information content (AvgIpc) is 3.05. The van der Waals surface area contributed by atoms with E-state index in [0.29, 0.717) is 17.0 Å². The molecule has 2 aromatic heterocycles. The van der Waals surface area contributed by atoms with Gasteiger partial charge in [0, 0.05) is 17.3 Å². The third-order valence-electron chi connectivity index (χ3n) is 3.07. The minimum absolute atomic E-state index is 0.373. The van der Waals surface area contributed by atoms with Gasteiger partial charge in [0.05, 0.1) is 11.6 Å². The maximum absolute atomic E-state index is 8.79. The van der Waals surface area contributed by atoms with E-state index in [1.807, 2.05) is 30.3 Å². The van der Waals surface area contributed by atoms with Gasteiger partial charge < -0.3 is 4.42 Å². The summed E-state index contributed by atoms with van der Waals surface area (Å²) in [6.07, 6.45) is 1.61. The summed E-state index contributed by atoms with van der Waals surface area (Å²) < 4.78 is 5.80. The number of furan rings is 1. The van der Waals surface area contributed by atoms with E-state index in [2.05, 4.69) is 11.1 Å². The Labute approximate surface area is 121 Å². The van der Waals surface area contributed by atoms with Crippen LogP contribution in [0.4, 0.5) is 0 Å². The number of benzene rings is 1. The zero-order chi connectivity index (χ0) is 14.7. The number of rotatable bonds is 2. The minimum atomic E-state index is 0.373. The molecule has 0 fully saturated rings. The summed E-state index contributed by atoms with van der Waals surface area (Å²) in [5, 5.41) is 17.5. The highest BCUT2D eigenvalue weighted by Crippen LogP contribution is 2.28. The maximum atomic E-state index is 8.79. The zero-order valence-corrected chi connectivity index (χ0v) is 10.9. The molecule has 0 radical (unpaired) electrons. The van der Waals surface area contributed by atoms with Crippen molar-refractivity contribution in [3.63, 3.8) is 0 Å². The molecule has 0 saturated heterocycles. The van der Waals surface area contributed by atoms with Crippen LogP contribution in [0.25, 0.3) is 22.6 Å². The lowest BCUT2D eigenvalue weighted by molar-refractivity contribution is 0.597. The van der Waals surface area contributed by atoms with Crippen LogP contribution in [-0.2, 0) is 0 Å². The van der Waals surface area contributed by atoms with Crippen LogP contribution in [0, 0.1) is 22.7 Å². The molecule has 4 heteroatoms. The standard InChI is InChI=1S/C17H9N3O/c18-9-12-1-3-13(4-2-12)16-7-8-17(21-16)14-5-6-15(10-19)20-11-14/h1-8,11H. The molecule has 0 atom stereocenters. The second-order valence-corrected chi connectivity index (χ2v) is 4.40. The van der Waals surface area contributed by atoms with Crippen LogP contribution in [0.2, 0.25) is 0 Å². The van der Waals surface area contributed by atoms with Crippen molar-refractivity contribution < 1.29 is 4.42 Å². The largest absolute Gasteiger partial charge is 0.456 e. The van der Waals surface area contributed by atoms with Gasteiger partial charge in [0.2, 0.25) is 0 Å². The lowest BCUT2D eigenvalue weighted by Crippen LogP contribution is -1.82. The van der Waals surface area contributed by atoms with Crippen LogP contribution in [-0.4, -0.2) is 4.98 Å². The molecule has 2 heterocycles. The second kappa shape index (κ2) is 5.32. The average molecular weight is 271 g/mol. The molecule has 3 rings (SSSR count). The van der Waals surface area contributed by atoms with Gasteiger partial charge in [-0.1, -0.05) is 0 Å². The Kier molecular flexibility index (Phi) is 3.21. The Morgan fingerprint density at radius 3 is 2.00 bits per heavy atom. The van der Waals surface area contributed by atoms with Crippen molar-refractivity contribution in [1.29, 1.82) is 10.5 Å². The van der Waals surface area contributed by atoms with Gasteiger partial charge in [-0.25, -0.2) is 4.98 Å². The molecular weight excluding hydrogens is 262 g/mol. The van der Waals surface area contributed by atoms with Gasteiger partial charge in [-0.2, -0.15) is 10.5 Å². The molecule has 0 N–H and O–H groups in total. The van der Waals surface area contributed by atoms with Crippen LogP contribution in [0.3, 0.4) is 0 Å². The van der Waals surface area contributed by atoms with E-state index in [-0.39, 0.29) is 0 Å². The molecule has 0 bridgehead atoms. The van der Waals surface area contributed by atoms with Crippen LogP contribution >= 0.6 is 0 Å². The fraction of sp³-hybridized carbons (Fsp3) is 0. The van der Waals surface area contributed by atoms with Crippen molar-refractivity contribution >= 4 is 0 Å². The maximum Gasteiger partial charge on any atom is 0.140 e. The Balaban J connectivity index is 1.92. The van der Waals surface area contributed by atoms with Crippen LogP contribution < -0.4 is 0 Å². The summed E-state index contributed by atoms with van der Waals surface area (Å²) >= 11 is 0. The highest BCUT2D eigenvalue weighted by molar-refractivity contribution is 5.65. The predicted molar refractivity (Wildman–Crippen MR) is 76.8 cm³/mol. The van der Waals surface area contributed by atoms with Crippen LogP contribution in [0.5, 0.6) is 0 Å². The highest BCUT2D eigenvalue weighted by Gasteiger charge is 2.07. The molecule has 21 heavy (non-hydrogen) atoms. The number of nitrogens with zero attached hydrogens (tertiary/aromatic N) is 3. The first-order valence-corrected chi connectivity index (χ1v) is 6.27. The predicted octanol–water partition coefficient (Wildman–Crippen LogP) is 3.75. The fourth-order valence-corrected chi connectivity index (χ4v) is 1.96.